The predicted molar refractivity (Wildman–Crippen MR) is 64.0 cm³/mol. The third-order valence-corrected chi connectivity index (χ3v) is 5.08. The van der Waals surface area contributed by atoms with E-state index in [1.165, 1.54) is 0 Å². The maximum Gasteiger partial charge on any atom is 0.239 e. The molecule has 1 heterocycles. The molecule has 0 bridgehead atoms. The highest BCUT2D eigenvalue weighted by molar-refractivity contribution is 8.10. The molecule has 1 unspecified atom stereocenters. The van der Waals surface area contributed by atoms with Gasteiger partial charge in [0.1, 0.15) is 5.82 Å². The molecule has 0 saturated heterocycles. The molecule has 1 rings (SSSR count). The zero-order chi connectivity index (χ0) is 11.5. The molecule has 0 N–H and O–H groups in total. The smallest absolute Gasteiger partial charge is 0.239 e. The maximum absolute atomic E-state index is 5.61. The molecule has 4 nitrogen and oxygen atoms in total. The molecular formula is C9H15N2O2PS. The summed E-state index contributed by atoms with van der Waals surface area (Å²) in [6.45, 7) is 3.46. The Hall–Kier alpha value is -0.510. The van der Waals surface area contributed by atoms with Crippen molar-refractivity contribution >= 4 is 18.3 Å². The number of rotatable bonds is 4. The highest BCUT2D eigenvalue weighted by Gasteiger charge is 2.17. The summed E-state index contributed by atoms with van der Waals surface area (Å²) in [4.78, 5) is 8.33. The van der Waals surface area contributed by atoms with Crippen molar-refractivity contribution in [2.45, 2.75) is 20.8 Å². The molecule has 0 fully saturated rings. The van der Waals surface area contributed by atoms with Gasteiger partial charge in [0.2, 0.25) is 12.4 Å². The first-order chi connectivity index (χ1) is 6.99. The summed E-state index contributed by atoms with van der Waals surface area (Å²) in [6, 6.07) is 1.77. The van der Waals surface area contributed by atoms with Gasteiger partial charge in [-0.1, -0.05) is 6.92 Å². The largest absolute Gasteiger partial charge is 0.425 e. The van der Waals surface area contributed by atoms with E-state index in [0.29, 0.717) is 17.9 Å². The van der Waals surface area contributed by atoms with Crippen LogP contribution in [0.15, 0.2) is 6.07 Å². The third kappa shape index (κ3) is 3.52. The van der Waals surface area contributed by atoms with E-state index in [0.717, 1.165) is 5.69 Å². The predicted octanol–water partition coefficient (Wildman–Crippen LogP) is 2.45. The Morgan fingerprint density at radius 1 is 1.40 bits per heavy atom. The van der Waals surface area contributed by atoms with Gasteiger partial charge in [-0.15, -0.1) is 0 Å². The van der Waals surface area contributed by atoms with Gasteiger partial charge in [0.15, 0.2) is 0 Å². The van der Waals surface area contributed by atoms with Crippen molar-refractivity contribution in [1.82, 2.24) is 9.97 Å². The van der Waals surface area contributed by atoms with E-state index in [2.05, 4.69) is 9.97 Å². The molecule has 0 radical (unpaired) electrons. The van der Waals surface area contributed by atoms with Crippen LogP contribution in [-0.2, 0) is 16.3 Å². The molecule has 0 spiro atoms. The molecule has 0 aliphatic rings. The highest BCUT2D eigenvalue weighted by atomic mass is 32.5. The van der Waals surface area contributed by atoms with Gasteiger partial charge < -0.3 is 9.05 Å². The van der Waals surface area contributed by atoms with Gasteiger partial charge in [-0.3, -0.25) is 0 Å². The van der Waals surface area contributed by atoms with Crippen LogP contribution in [0, 0.1) is 13.8 Å². The van der Waals surface area contributed by atoms with Gasteiger partial charge in [0.25, 0.3) is 0 Å². The van der Waals surface area contributed by atoms with Crippen LogP contribution < -0.4 is 4.52 Å². The molecule has 1 atom stereocenters. The van der Waals surface area contributed by atoms with E-state index < -0.39 is 6.49 Å². The molecule has 15 heavy (non-hydrogen) atoms. The van der Waals surface area contributed by atoms with Crippen LogP contribution in [0.4, 0.5) is 0 Å². The van der Waals surface area contributed by atoms with Crippen molar-refractivity contribution in [3.8, 4) is 5.88 Å². The number of aromatic nitrogens is 2. The minimum Gasteiger partial charge on any atom is -0.425 e. The molecule has 0 aromatic carbocycles. The Balaban J connectivity index is 2.93. The van der Waals surface area contributed by atoms with E-state index in [1.54, 1.807) is 13.2 Å². The molecule has 0 amide bonds. The lowest BCUT2D eigenvalue weighted by molar-refractivity contribution is 0.387. The topological polar surface area (TPSA) is 44.2 Å². The van der Waals surface area contributed by atoms with Crippen LogP contribution >= 0.6 is 6.49 Å². The van der Waals surface area contributed by atoms with Crippen molar-refractivity contribution in [1.29, 1.82) is 0 Å². The number of hydrogen-bond donors (Lipinski definition) is 0. The Bertz CT molecular complexity index is 369. The Morgan fingerprint density at radius 3 is 2.53 bits per heavy atom. The van der Waals surface area contributed by atoms with Gasteiger partial charge in [-0.25, -0.2) is 4.98 Å². The number of hydrogen-bond acceptors (Lipinski definition) is 5. The lowest BCUT2D eigenvalue weighted by Crippen LogP contribution is -2.01. The maximum atomic E-state index is 5.61. The fourth-order valence-electron chi connectivity index (χ4n) is 1.10. The first-order valence-corrected chi connectivity index (χ1v) is 7.48. The summed E-state index contributed by atoms with van der Waals surface area (Å²) in [6.07, 6.45) is 0.681. The van der Waals surface area contributed by atoms with Gasteiger partial charge in [0.05, 0.1) is 0 Å². The quantitative estimate of drug-likeness (QED) is 0.763. The molecular weight excluding hydrogens is 231 g/mol. The van der Waals surface area contributed by atoms with Crippen molar-refractivity contribution in [3.63, 3.8) is 0 Å². The minimum atomic E-state index is -2.20. The molecule has 6 heteroatoms. The molecule has 0 aliphatic heterocycles. The fourth-order valence-corrected chi connectivity index (χ4v) is 2.17. The second-order valence-electron chi connectivity index (χ2n) is 3.10. The summed E-state index contributed by atoms with van der Waals surface area (Å²) in [5, 5.41) is 0. The van der Waals surface area contributed by atoms with Crippen molar-refractivity contribution < 1.29 is 9.05 Å². The zero-order valence-electron chi connectivity index (χ0n) is 9.35. The molecule has 84 valence electrons. The number of aryl methyl sites for hydroxylation is 2. The standard InChI is InChI=1S/C9H15N2O2PS/c1-5-14(15,12-4)13-9-6-7(2)10-8(3)11-9/h6H,5H2,1-4H3. The summed E-state index contributed by atoms with van der Waals surface area (Å²) in [5.74, 6) is 1.19. The van der Waals surface area contributed by atoms with Crippen LogP contribution in [-0.4, -0.2) is 23.2 Å². The normalized spacial score (nSPS) is 14.7. The summed E-state index contributed by atoms with van der Waals surface area (Å²) >= 11 is 5.28. The monoisotopic (exact) mass is 246 g/mol. The average Bonchev–Trinajstić information content (AvgIpc) is 2.16. The lowest BCUT2D eigenvalue weighted by Gasteiger charge is -2.18. The second kappa shape index (κ2) is 5.01. The van der Waals surface area contributed by atoms with Crippen molar-refractivity contribution in [2.75, 3.05) is 13.3 Å². The van der Waals surface area contributed by atoms with Crippen LogP contribution in [0.3, 0.4) is 0 Å². The summed E-state index contributed by atoms with van der Waals surface area (Å²) in [5.41, 5.74) is 0.867. The Kier molecular flexibility index (Phi) is 4.20. The third-order valence-electron chi connectivity index (χ3n) is 1.84. The molecule has 0 saturated carbocycles. The van der Waals surface area contributed by atoms with E-state index >= 15 is 0 Å². The van der Waals surface area contributed by atoms with Crippen LogP contribution in [0.1, 0.15) is 18.4 Å². The van der Waals surface area contributed by atoms with Crippen molar-refractivity contribution in [3.05, 3.63) is 17.6 Å². The summed E-state index contributed by atoms with van der Waals surface area (Å²) in [7, 11) is 1.57. The minimum absolute atomic E-state index is 0.507. The van der Waals surface area contributed by atoms with E-state index in [9.17, 15) is 0 Å². The van der Waals surface area contributed by atoms with Gasteiger partial charge in [0, 0.05) is 25.0 Å². The lowest BCUT2D eigenvalue weighted by atomic mass is 10.4. The Labute approximate surface area is 95.2 Å². The van der Waals surface area contributed by atoms with E-state index in [1.807, 2.05) is 20.8 Å². The van der Waals surface area contributed by atoms with Crippen LogP contribution in [0.2, 0.25) is 0 Å². The summed E-state index contributed by atoms with van der Waals surface area (Å²) < 4.78 is 10.8. The average molecular weight is 246 g/mol. The van der Waals surface area contributed by atoms with E-state index in [4.69, 9.17) is 20.9 Å². The highest BCUT2D eigenvalue weighted by Crippen LogP contribution is 2.46. The first kappa shape index (κ1) is 12.6. The van der Waals surface area contributed by atoms with Crippen LogP contribution in [0.25, 0.3) is 0 Å². The number of nitrogens with zero attached hydrogens (tertiary/aromatic N) is 2. The zero-order valence-corrected chi connectivity index (χ0v) is 11.1. The van der Waals surface area contributed by atoms with Crippen molar-refractivity contribution in [2.24, 2.45) is 0 Å². The molecule has 1 aromatic rings. The SMILES string of the molecule is CCP(=S)(OC)Oc1cc(C)nc(C)n1. The molecule has 0 aliphatic carbocycles. The first-order valence-electron chi connectivity index (χ1n) is 4.66. The second-order valence-corrected chi connectivity index (χ2v) is 7.17. The van der Waals surface area contributed by atoms with Gasteiger partial charge in [-0.05, 0) is 25.7 Å². The molecule has 1 aromatic heterocycles. The Morgan fingerprint density at radius 2 is 2.07 bits per heavy atom. The van der Waals surface area contributed by atoms with Gasteiger partial charge >= 0.3 is 0 Å². The van der Waals surface area contributed by atoms with Crippen LogP contribution in [0.5, 0.6) is 5.88 Å². The fraction of sp³-hybridized carbons (Fsp3) is 0.556. The van der Waals surface area contributed by atoms with E-state index in [-0.39, 0.29) is 0 Å². The van der Waals surface area contributed by atoms with Gasteiger partial charge in [-0.2, -0.15) is 4.98 Å².